The zero-order valence-corrected chi connectivity index (χ0v) is 28.3. The molecule has 0 unspecified atom stereocenters. The number of aliphatic hydroxyl groups is 1. The van der Waals surface area contributed by atoms with E-state index >= 15 is 0 Å². The Kier molecular flexibility index (Phi) is 9.96. The summed E-state index contributed by atoms with van der Waals surface area (Å²) in [6.07, 6.45) is 1.76. The fraction of sp³-hybridized carbons (Fsp3) is 0.262. The van der Waals surface area contributed by atoms with Gasteiger partial charge in [-0.2, -0.15) is 0 Å². The fourth-order valence-corrected chi connectivity index (χ4v) is 6.89. The van der Waals surface area contributed by atoms with E-state index in [1.165, 1.54) is 4.90 Å². The second kappa shape index (κ2) is 14.9. The number of hydrogen-bond acceptors (Lipinski definition) is 7. The summed E-state index contributed by atoms with van der Waals surface area (Å²) in [5, 5.41) is 9.62. The van der Waals surface area contributed by atoms with Crippen molar-refractivity contribution in [3.63, 3.8) is 0 Å². The lowest BCUT2D eigenvalue weighted by atomic mass is 9.90. The highest BCUT2D eigenvalue weighted by molar-refractivity contribution is 6.21. The summed E-state index contributed by atoms with van der Waals surface area (Å²) in [6, 6.07) is 36.9. The van der Waals surface area contributed by atoms with Gasteiger partial charge in [-0.25, -0.2) is 0 Å². The Bertz CT molecular complexity index is 1910. The smallest absolute Gasteiger partial charge is 0.261 e. The van der Waals surface area contributed by atoms with Crippen LogP contribution in [0.1, 0.15) is 68.0 Å². The number of carbonyl (C=O) groups excluding carboxylic acids is 2. The van der Waals surface area contributed by atoms with Gasteiger partial charge in [-0.1, -0.05) is 97.9 Å². The third-order valence-corrected chi connectivity index (χ3v) is 9.81. The van der Waals surface area contributed by atoms with Gasteiger partial charge in [0.25, 0.3) is 11.8 Å². The van der Waals surface area contributed by atoms with Gasteiger partial charge < -0.3 is 19.5 Å². The molecule has 3 heterocycles. The molecular weight excluding hydrogens is 626 g/mol. The van der Waals surface area contributed by atoms with E-state index in [0.29, 0.717) is 11.1 Å². The second-order valence-corrected chi connectivity index (χ2v) is 13.2. The summed E-state index contributed by atoms with van der Waals surface area (Å²) in [5.41, 5.74) is 7.55. The van der Waals surface area contributed by atoms with Crippen LogP contribution in [0.4, 0.5) is 0 Å². The van der Waals surface area contributed by atoms with Crippen molar-refractivity contribution in [2.24, 2.45) is 5.92 Å². The van der Waals surface area contributed by atoms with E-state index in [1.54, 1.807) is 24.3 Å². The van der Waals surface area contributed by atoms with Crippen LogP contribution in [0.15, 0.2) is 121 Å². The number of fused-ring (bicyclic) bond motifs is 1. The van der Waals surface area contributed by atoms with Crippen LogP contribution in [0, 0.1) is 5.92 Å². The molecule has 0 spiro atoms. The van der Waals surface area contributed by atoms with Crippen molar-refractivity contribution in [2.45, 2.75) is 45.0 Å². The average Bonchev–Trinajstić information content (AvgIpc) is 3.40. The Morgan fingerprint density at radius 2 is 1.40 bits per heavy atom. The number of aromatic nitrogens is 1. The number of benzene rings is 4. The molecule has 8 heteroatoms. The molecule has 0 saturated carbocycles. The van der Waals surface area contributed by atoms with Crippen molar-refractivity contribution in [1.82, 2.24) is 14.8 Å². The summed E-state index contributed by atoms with van der Waals surface area (Å²) in [7, 11) is 2.11. The highest BCUT2D eigenvalue weighted by Gasteiger charge is 2.39. The van der Waals surface area contributed by atoms with Gasteiger partial charge in [0.1, 0.15) is 0 Å². The van der Waals surface area contributed by atoms with Crippen molar-refractivity contribution in [3.8, 4) is 11.1 Å². The molecule has 2 aliphatic heterocycles. The maximum atomic E-state index is 13.1. The first-order valence-electron chi connectivity index (χ1n) is 17.1. The molecule has 4 aromatic carbocycles. The minimum absolute atomic E-state index is 0.00937. The van der Waals surface area contributed by atoms with Crippen LogP contribution in [-0.4, -0.2) is 57.9 Å². The zero-order chi connectivity index (χ0) is 34.6. The molecule has 50 heavy (non-hydrogen) atoms. The molecule has 1 saturated heterocycles. The molecule has 0 bridgehead atoms. The van der Waals surface area contributed by atoms with E-state index < -0.39 is 6.29 Å². The van der Waals surface area contributed by atoms with Crippen molar-refractivity contribution >= 4 is 11.8 Å². The van der Waals surface area contributed by atoms with E-state index in [4.69, 9.17) is 9.47 Å². The van der Waals surface area contributed by atoms with Gasteiger partial charge in [0.15, 0.2) is 6.29 Å². The van der Waals surface area contributed by atoms with Gasteiger partial charge in [-0.05, 0) is 59.1 Å². The van der Waals surface area contributed by atoms with Gasteiger partial charge >= 0.3 is 0 Å². The molecule has 0 aliphatic carbocycles. The number of aliphatic hydroxyl groups excluding tert-OH is 1. The highest BCUT2D eigenvalue weighted by Crippen LogP contribution is 2.42. The maximum absolute atomic E-state index is 13.1. The lowest BCUT2D eigenvalue weighted by Gasteiger charge is -2.42. The average molecular weight is 668 g/mol. The minimum Gasteiger partial charge on any atom is -0.392 e. The van der Waals surface area contributed by atoms with Gasteiger partial charge in [-0.15, -0.1) is 0 Å². The molecule has 1 N–H and O–H groups in total. The van der Waals surface area contributed by atoms with Crippen LogP contribution >= 0.6 is 0 Å². The summed E-state index contributed by atoms with van der Waals surface area (Å²) in [5.74, 6) is -0.472. The monoisotopic (exact) mass is 667 g/mol. The van der Waals surface area contributed by atoms with Crippen LogP contribution in [0.25, 0.3) is 11.1 Å². The lowest BCUT2D eigenvalue weighted by Crippen LogP contribution is -2.43. The summed E-state index contributed by atoms with van der Waals surface area (Å²) >= 11 is 0. The van der Waals surface area contributed by atoms with E-state index in [2.05, 4.69) is 29.9 Å². The molecule has 1 aromatic heterocycles. The molecule has 7 rings (SSSR count). The third kappa shape index (κ3) is 7.02. The van der Waals surface area contributed by atoms with E-state index in [0.717, 1.165) is 58.6 Å². The fourth-order valence-electron chi connectivity index (χ4n) is 6.89. The zero-order valence-electron chi connectivity index (χ0n) is 28.3. The van der Waals surface area contributed by atoms with Gasteiger partial charge in [0, 0.05) is 42.9 Å². The normalized spacial score (nSPS) is 20.4. The largest absolute Gasteiger partial charge is 0.392 e. The number of hydrogen-bond donors (Lipinski definition) is 1. The van der Waals surface area contributed by atoms with Crippen molar-refractivity contribution in [3.05, 3.63) is 161 Å². The van der Waals surface area contributed by atoms with Crippen molar-refractivity contribution < 1.29 is 24.2 Å². The number of nitrogens with zero attached hydrogens (tertiary/aromatic N) is 3. The topological polar surface area (TPSA) is 92.2 Å². The summed E-state index contributed by atoms with van der Waals surface area (Å²) in [6.45, 7) is 3.92. The number of amides is 2. The third-order valence-electron chi connectivity index (χ3n) is 9.81. The highest BCUT2D eigenvalue weighted by atomic mass is 16.7. The number of imide groups is 1. The first-order chi connectivity index (χ1) is 24.4. The molecular formula is C42H41N3O5. The second-order valence-electron chi connectivity index (χ2n) is 13.2. The van der Waals surface area contributed by atoms with Gasteiger partial charge in [0.2, 0.25) is 0 Å². The van der Waals surface area contributed by atoms with Gasteiger partial charge in [0.05, 0.1) is 36.5 Å². The Morgan fingerprint density at radius 3 is 2.06 bits per heavy atom. The van der Waals surface area contributed by atoms with E-state index in [-0.39, 0.29) is 43.1 Å². The molecule has 254 valence electrons. The van der Waals surface area contributed by atoms with Crippen molar-refractivity contribution in [1.29, 1.82) is 0 Å². The van der Waals surface area contributed by atoms with Crippen LogP contribution < -0.4 is 0 Å². The number of ether oxygens (including phenoxy) is 2. The number of carbonyl (C=O) groups is 2. The predicted octanol–water partition coefficient (Wildman–Crippen LogP) is 7.00. The molecule has 5 aromatic rings. The maximum Gasteiger partial charge on any atom is 0.261 e. The Balaban J connectivity index is 1.11. The van der Waals surface area contributed by atoms with Crippen LogP contribution in [0.3, 0.4) is 0 Å². The van der Waals surface area contributed by atoms with Crippen LogP contribution in [0.5, 0.6) is 0 Å². The van der Waals surface area contributed by atoms with E-state index in [9.17, 15) is 14.7 Å². The lowest BCUT2D eigenvalue weighted by molar-refractivity contribution is -0.275. The Labute approximate surface area is 292 Å². The molecule has 1 fully saturated rings. The molecule has 2 aliphatic rings. The van der Waals surface area contributed by atoms with Crippen molar-refractivity contribution in [2.75, 3.05) is 20.1 Å². The van der Waals surface area contributed by atoms with Crippen LogP contribution in [0.2, 0.25) is 0 Å². The number of pyridine rings is 1. The van der Waals surface area contributed by atoms with Crippen LogP contribution in [-0.2, 0) is 29.0 Å². The molecule has 0 radical (unpaired) electrons. The number of rotatable bonds is 11. The minimum atomic E-state index is -0.592. The summed E-state index contributed by atoms with van der Waals surface area (Å²) < 4.78 is 13.4. The predicted molar refractivity (Wildman–Crippen MR) is 191 cm³/mol. The Morgan fingerprint density at radius 1 is 0.760 bits per heavy atom. The quantitative estimate of drug-likeness (QED) is 0.152. The first kappa shape index (κ1) is 33.5. The molecule has 8 nitrogen and oxygen atoms in total. The standard InChI is InChI=1S/C42H41N3O5/c1-28-38(26-44(2)24-22-34-10-7-8-23-43-34)49-42(50-39(28)31-16-14-29(27-46)15-17-31)32-20-18-30(19-21-32)35-11-4-3-9-33(35)25-45-40(47)36-12-5-6-13-37(36)41(45)48/h3-21,23,28,38-39,42,46H,22,24-27H2,1-2H3/t28-,38+,39+,42+/m1/s1. The molecule has 4 atom stereocenters. The SMILES string of the molecule is C[C@@H]1[C@H](CN(C)CCc2ccccn2)O[C@H](c2ccc(-c3ccccc3CN3C(=O)c4ccccc4C3=O)cc2)O[C@@H]1c1ccc(CO)cc1. The summed E-state index contributed by atoms with van der Waals surface area (Å²) in [4.78, 5) is 34.3. The Hall–Kier alpha value is -4.99. The van der Waals surface area contributed by atoms with Gasteiger partial charge in [-0.3, -0.25) is 19.5 Å². The van der Waals surface area contributed by atoms with E-state index in [1.807, 2.05) is 91.1 Å². The molecule has 2 amide bonds. The first-order valence-corrected chi connectivity index (χ1v) is 17.1. The number of likely N-dealkylation sites (N-methyl/N-ethyl adjacent to an activating group) is 1.